The number of aliphatic imine (C=N–C) groups is 1. The van der Waals surface area contributed by atoms with Gasteiger partial charge in [-0.1, -0.05) is 0 Å². The number of aryl methyl sites for hydroxylation is 1. The number of thiophene rings is 1. The monoisotopic (exact) mass is 211 g/mol. The molecule has 0 bridgehead atoms. The zero-order valence-electron chi connectivity index (χ0n) is 8.87. The summed E-state index contributed by atoms with van der Waals surface area (Å²) in [6.07, 6.45) is 0. The van der Waals surface area contributed by atoms with Crippen molar-refractivity contribution in [1.82, 2.24) is 5.32 Å². The van der Waals surface area contributed by atoms with Gasteiger partial charge in [-0.3, -0.25) is 4.99 Å². The summed E-state index contributed by atoms with van der Waals surface area (Å²) in [6.45, 7) is 6.87. The van der Waals surface area contributed by atoms with Crippen LogP contribution >= 0.6 is 11.3 Å². The first kappa shape index (κ1) is 11.0. The van der Waals surface area contributed by atoms with Gasteiger partial charge in [0.1, 0.15) is 0 Å². The molecule has 1 aromatic rings. The minimum Gasteiger partial charge on any atom is -0.370 e. The van der Waals surface area contributed by atoms with Crippen LogP contribution in [-0.2, 0) is 0 Å². The lowest BCUT2D eigenvalue weighted by atomic mass is 10.3. The molecule has 0 saturated carbocycles. The Morgan fingerprint density at radius 3 is 2.86 bits per heavy atom. The second-order valence-corrected chi connectivity index (χ2v) is 4.49. The van der Waals surface area contributed by atoms with Crippen LogP contribution in [0.5, 0.6) is 0 Å². The Morgan fingerprint density at radius 2 is 2.36 bits per heavy atom. The van der Waals surface area contributed by atoms with Gasteiger partial charge in [0.05, 0.1) is 6.04 Å². The maximum atomic E-state index is 5.67. The Morgan fingerprint density at radius 1 is 1.64 bits per heavy atom. The SMILES string of the molecule is CCN=C(N)NC(C)c1ccc(C)s1. The van der Waals surface area contributed by atoms with E-state index in [-0.39, 0.29) is 6.04 Å². The van der Waals surface area contributed by atoms with Crippen LogP contribution in [0.15, 0.2) is 17.1 Å². The molecule has 4 heteroatoms. The average molecular weight is 211 g/mol. The third kappa shape index (κ3) is 3.03. The molecular weight excluding hydrogens is 194 g/mol. The maximum Gasteiger partial charge on any atom is 0.189 e. The van der Waals surface area contributed by atoms with Gasteiger partial charge in [-0.15, -0.1) is 11.3 Å². The van der Waals surface area contributed by atoms with Crippen molar-refractivity contribution in [3.63, 3.8) is 0 Å². The third-order valence-corrected chi connectivity index (χ3v) is 3.06. The van der Waals surface area contributed by atoms with Crippen LogP contribution in [0.2, 0.25) is 0 Å². The normalized spacial score (nSPS) is 14.1. The molecule has 0 saturated heterocycles. The molecule has 0 aliphatic heterocycles. The van der Waals surface area contributed by atoms with Crippen LogP contribution in [0, 0.1) is 6.92 Å². The Balaban J connectivity index is 2.58. The molecule has 0 aromatic carbocycles. The lowest BCUT2D eigenvalue weighted by molar-refractivity contribution is 0.723. The molecule has 14 heavy (non-hydrogen) atoms. The van der Waals surface area contributed by atoms with E-state index in [1.165, 1.54) is 9.75 Å². The van der Waals surface area contributed by atoms with Gasteiger partial charge in [0.15, 0.2) is 5.96 Å². The molecule has 0 fully saturated rings. The second-order valence-electron chi connectivity index (χ2n) is 3.17. The van der Waals surface area contributed by atoms with E-state index in [2.05, 4.69) is 36.3 Å². The van der Waals surface area contributed by atoms with E-state index >= 15 is 0 Å². The van der Waals surface area contributed by atoms with Gasteiger partial charge in [0, 0.05) is 16.3 Å². The van der Waals surface area contributed by atoms with Crippen molar-refractivity contribution in [2.75, 3.05) is 6.54 Å². The molecule has 0 radical (unpaired) electrons. The Hall–Kier alpha value is -1.03. The molecule has 3 nitrogen and oxygen atoms in total. The molecule has 0 aliphatic carbocycles. The minimum absolute atomic E-state index is 0.240. The van der Waals surface area contributed by atoms with E-state index in [0.29, 0.717) is 5.96 Å². The number of nitrogens with two attached hydrogens (primary N) is 1. The number of hydrogen-bond donors (Lipinski definition) is 2. The molecule has 0 spiro atoms. The first-order chi connectivity index (χ1) is 6.63. The van der Waals surface area contributed by atoms with Crippen molar-refractivity contribution in [2.45, 2.75) is 26.8 Å². The lowest BCUT2D eigenvalue weighted by Crippen LogP contribution is -2.33. The third-order valence-electron chi connectivity index (χ3n) is 1.88. The Kier molecular flexibility index (Phi) is 3.95. The molecule has 1 aromatic heterocycles. The summed E-state index contributed by atoms with van der Waals surface area (Å²) in [5.41, 5.74) is 5.67. The summed E-state index contributed by atoms with van der Waals surface area (Å²) in [6, 6.07) is 4.48. The molecule has 0 amide bonds. The fraction of sp³-hybridized carbons (Fsp3) is 0.500. The molecule has 1 rings (SSSR count). The highest BCUT2D eigenvalue weighted by Gasteiger charge is 2.07. The van der Waals surface area contributed by atoms with Gasteiger partial charge in [-0.2, -0.15) is 0 Å². The summed E-state index contributed by atoms with van der Waals surface area (Å²) < 4.78 is 0. The fourth-order valence-electron chi connectivity index (χ4n) is 1.20. The predicted molar refractivity (Wildman–Crippen MR) is 62.8 cm³/mol. The predicted octanol–water partition coefficient (Wildman–Crippen LogP) is 2.04. The molecule has 3 N–H and O–H groups in total. The summed E-state index contributed by atoms with van der Waals surface area (Å²) in [4.78, 5) is 6.69. The number of nitrogens with zero attached hydrogens (tertiary/aromatic N) is 1. The van der Waals surface area contributed by atoms with Gasteiger partial charge in [0.25, 0.3) is 0 Å². The maximum absolute atomic E-state index is 5.67. The minimum atomic E-state index is 0.240. The lowest BCUT2D eigenvalue weighted by Gasteiger charge is -2.12. The second kappa shape index (κ2) is 5.00. The van der Waals surface area contributed by atoms with Gasteiger partial charge in [0.2, 0.25) is 0 Å². The molecular formula is C10H17N3S. The van der Waals surface area contributed by atoms with Gasteiger partial charge < -0.3 is 11.1 Å². The standard InChI is InChI=1S/C10H17N3S/c1-4-12-10(11)13-8(3)9-6-5-7(2)14-9/h5-6,8H,4H2,1-3H3,(H3,11,12,13). The van der Waals surface area contributed by atoms with Crippen molar-refractivity contribution in [2.24, 2.45) is 10.7 Å². The molecule has 78 valence electrons. The van der Waals surface area contributed by atoms with Crippen molar-refractivity contribution in [3.05, 3.63) is 21.9 Å². The van der Waals surface area contributed by atoms with Crippen molar-refractivity contribution in [1.29, 1.82) is 0 Å². The van der Waals surface area contributed by atoms with Crippen molar-refractivity contribution in [3.8, 4) is 0 Å². The highest BCUT2D eigenvalue weighted by Crippen LogP contribution is 2.21. The summed E-state index contributed by atoms with van der Waals surface area (Å²) in [5, 5.41) is 3.15. The summed E-state index contributed by atoms with van der Waals surface area (Å²) in [5.74, 6) is 0.519. The molecule has 1 heterocycles. The first-order valence-electron chi connectivity index (χ1n) is 4.76. The van der Waals surface area contributed by atoms with Crippen LogP contribution in [-0.4, -0.2) is 12.5 Å². The highest BCUT2D eigenvalue weighted by atomic mass is 32.1. The number of hydrogen-bond acceptors (Lipinski definition) is 2. The van der Waals surface area contributed by atoms with Gasteiger partial charge in [-0.05, 0) is 32.9 Å². The van der Waals surface area contributed by atoms with E-state index in [4.69, 9.17) is 5.73 Å². The van der Waals surface area contributed by atoms with E-state index in [1.807, 2.05) is 6.92 Å². The topological polar surface area (TPSA) is 50.4 Å². The largest absolute Gasteiger partial charge is 0.370 e. The number of nitrogens with one attached hydrogen (secondary N) is 1. The van der Waals surface area contributed by atoms with Crippen molar-refractivity contribution < 1.29 is 0 Å². The van der Waals surface area contributed by atoms with Crippen LogP contribution in [0.1, 0.15) is 29.6 Å². The van der Waals surface area contributed by atoms with Gasteiger partial charge in [-0.25, -0.2) is 0 Å². The van der Waals surface area contributed by atoms with Gasteiger partial charge >= 0.3 is 0 Å². The first-order valence-corrected chi connectivity index (χ1v) is 5.58. The van der Waals surface area contributed by atoms with Crippen LogP contribution in [0.25, 0.3) is 0 Å². The van der Waals surface area contributed by atoms with Crippen LogP contribution in [0.4, 0.5) is 0 Å². The summed E-state index contributed by atoms with van der Waals surface area (Å²) >= 11 is 1.78. The van der Waals surface area contributed by atoms with E-state index in [0.717, 1.165) is 6.54 Å². The molecule has 0 aliphatic rings. The van der Waals surface area contributed by atoms with Crippen LogP contribution in [0.3, 0.4) is 0 Å². The van der Waals surface area contributed by atoms with E-state index in [1.54, 1.807) is 11.3 Å². The number of guanidine groups is 1. The average Bonchev–Trinajstić information content (AvgIpc) is 2.52. The Labute approximate surface area is 89.0 Å². The smallest absolute Gasteiger partial charge is 0.189 e. The Bertz CT molecular complexity index is 317. The summed E-state index contributed by atoms with van der Waals surface area (Å²) in [7, 11) is 0. The highest BCUT2D eigenvalue weighted by molar-refractivity contribution is 7.12. The van der Waals surface area contributed by atoms with Crippen LogP contribution < -0.4 is 11.1 Å². The van der Waals surface area contributed by atoms with E-state index < -0.39 is 0 Å². The fourth-order valence-corrected chi connectivity index (χ4v) is 2.07. The zero-order chi connectivity index (χ0) is 10.6. The molecule has 1 atom stereocenters. The molecule has 1 unspecified atom stereocenters. The quantitative estimate of drug-likeness (QED) is 0.594. The van der Waals surface area contributed by atoms with E-state index in [9.17, 15) is 0 Å². The number of rotatable bonds is 3. The van der Waals surface area contributed by atoms with Crippen molar-refractivity contribution >= 4 is 17.3 Å². The zero-order valence-corrected chi connectivity index (χ0v) is 9.69.